The van der Waals surface area contributed by atoms with E-state index >= 15 is 0 Å². The number of anilines is 2. The average molecular weight is 355 g/mol. The third-order valence-electron chi connectivity index (χ3n) is 6.08. The van der Waals surface area contributed by atoms with Crippen LogP contribution in [-0.4, -0.2) is 37.5 Å². The molecule has 1 unspecified atom stereocenters. The van der Waals surface area contributed by atoms with E-state index in [1.807, 2.05) is 12.1 Å². The molecule has 1 saturated carbocycles. The van der Waals surface area contributed by atoms with Gasteiger partial charge in [-0.1, -0.05) is 19.3 Å². The van der Waals surface area contributed by atoms with Gasteiger partial charge in [0.25, 0.3) is 0 Å². The van der Waals surface area contributed by atoms with Crippen molar-refractivity contribution in [2.75, 3.05) is 29.4 Å². The Morgan fingerprint density at radius 1 is 0.923 bits per heavy atom. The smallest absolute Gasteiger partial charge is 0.227 e. The molecule has 3 aliphatic rings. The van der Waals surface area contributed by atoms with Crippen molar-refractivity contribution in [2.45, 2.75) is 57.4 Å². The second-order valence-electron chi connectivity index (χ2n) is 7.96. The molecule has 1 atom stereocenters. The Hall–Kier alpha value is -2.04. The van der Waals surface area contributed by atoms with Gasteiger partial charge in [-0.15, -0.1) is 0 Å². The van der Waals surface area contributed by atoms with E-state index < -0.39 is 0 Å². The lowest BCUT2D eigenvalue weighted by atomic mass is 9.95. The Morgan fingerprint density at radius 2 is 1.58 bits per heavy atom. The zero-order valence-electron chi connectivity index (χ0n) is 15.5. The first-order chi connectivity index (χ1) is 12.7. The Kier molecular flexibility index (Phi) is 5.14. The highest BCUT2D eigenvalue weighted by Gasteiger charge is 2.36. The van der Waals surface area contributed by atoms with Crippen molar-refractivity contribution in [3.63, 3.8) is 0 Å². The van der Waals surface area contributed by atoms with E-state index in [2.05, 4.69) is 22.3 Å². The van der Waals surface area contributed by atoms with Crippen LogP contribution in [0.5, 0.6) is 0 Å². The number of nitrogens with zero attached hydrogens (tertiary/aromatic N) is 2. The summed E-state index contributed by atoms with van der Waals surface area (Å²) in [6, 6.07) is 8.55. The fourth-order valence-electron chi connectivity index (χ4n) is 4.52. The minimum Gasteiger partial charge on any atom is -0.372 e. The average Bonchev–Trinajstić information content (AvgIpc) is 3.33. The molecule has 5 nitrogen and oxygen atoms in total. The summed E-state index contributed by atoms with van der Waals surface area (Å²) in [4.78, 5) is 29.2. The lowest BCUT2D eigenvalue weighted by molar-refractivity contribution is -0.127. The van der Waals surface area contributed by atoms with E-state index in [0.29, 0.717) is 19.0 Å². The van der Waals surface area contributed by atoms with Gasteiger partial charge in [0, 0.05) is 43.5 Å². The highest BCUT2D eigenvalue weighted by molar-refractivity contribution is 6.00. The second-order valence-corrected chi connectivity index (χ2v) is 7.96. The maximum Gasteiger partial charge on any atom is 0.227 e. The first-order valence-electron chi connectivity index (χ1n) is 10.2. The van der Waals surface area contributed by atoms with Gasteiger partial charge in [0.15, 0.2) is 0 Å². The molecular formula is C21H29N3O2. The quantitative estimate of drug-likeness (QED) is 0.903. The van der Waals surface area contributed by atoms with Crippen LogP contribution in [0.4, 0.5) is 11.4 Å². The molecule has 2 heterocycles. The molecule has 26 heavy (non-hydrogen) atoms. The predicted octanol–water partition coefficient (Wildman–Crippen LogP) is 3.09. The van der Waals surface area contributed by atoms with E-state index in [1.165, 1.54) is 37.8 Å². The molecule has 1 aliphatic carbocycles. The molecule has 2 amide bonds. The molecule has 1 aromatic carbocycles. The molecule has 2 saturated heterocycles. The molecule has 1 N–H and O–H groups in total. The maximum absolute atomic E-state index is 12.6. The summed E-state index contributed by atoms with van der Waals surface area (Å²) in [5, 5.41) is 3.18. The molecule has 3 fully saturated rings. The van der Waals surface area contributed by atoms with Crippen molar-refractivity contribution >= 4 is 23.2 Å². The van der Waals surface area contributed by atoms with E-state index in [4.69, 9.17) is 0 Å². The van der Waals surface area contributed by atoms with E-state index in [0.717, 1.165) is 31.6 Å². The van der Waals surface area contributed by atoms with Gasteiger partial charge in [-0.2, -0.15) is 0 Å². The summed E-state index contributed by atoms with van der Waals surface area (Å²) in [5.41, 5.74) is 2.13. The van der Waals surface area contributed by atoms with Crippen molar-refractivity contribution < 1.29 is 9.59 Å². The molecule has 2 aliphatic heterocycles. The summed E-state index contributed by atoms with van der Waals surface area (Å²) < 4.78 is 0. The molecule has 4 rings (SSSR count). The Bertz CT molecular complexity index is 646. The third kappa shape index (κ3) is 3.71. The van der Waals surface area contributed by atoms with Crippen LogP contribution in [0.3, 0.4) is 0 Å². The number of rotatable bonds is 4. The van der Waals surface area contributed by atoms with Crippen LogP contribution in [0.2, 0.25) is 0 Å². The summed E-state index contributed by atoms with van der Waals surface area (Å²) in [6.07, 6.45) is 8.66. The molecule has 5 heteroatoms. The SMILES string of the molecule is O=C(NC1CCCCC1)C1CC(=O)N(c2ccc(N3CCCC3)cc2)C1. The van der Waals surface area contributed by atoms with Gasteiger partial charge < -0.3 is 15.1 Å². The lowest BCUT2D eigenvalue weighted by Crippen LogP contribution is -2.40. The number of nitrogens with one attached hydrogen (secondary N) is 1. The van der Waals surface area contributed by atoms with Gasteiger partial charge >= 0.3 is 0 Å². The monoisotopic (exact) mass is 355 g/mol. The Labute approximate surface area is 155 Å². The predicted molar refractivity (Wildman–Crippen MR) is 103 cm³/mol. The van der Waals surface area contributed by atoms with Crippen LogP contribution < -0.4 is 15.1 Å². The van der Waals surface area contributed by atoms with Gasteiger partial charge in [-0.25, -0.2) is 0 Å². The van der Waals surface area contributed by atoms with Crippen LogP contribution >= 0.6 is 0 Å². The highest BCUT2D eigenvalue weighted by Crippen LogP contribution is 2.29. The minimum absolute atomic E-state index is 0.0569. The highest BCUT2D eigenvalue weighted by atomic mass is 16.2. The van der Waals surface area contributed by atoms with Gasteiger partial charge in [0.2, 0.25) is 11.8 Å². The Balaban J connectivity index is 1.37. The second kappa shape index (κ2) is 7.68. The summed E-state index contributed by atoms with van der Waals surface area (Å²) in [5.74, 6) is -0.105. The van der Waals surface area contributed by atoms with Gasteiger partial charge in [-0.05, 0) is 49.9 Å². The summed E-state index contributed by atoms with van der Waals surface area (Å²) in [6.45, 7) is 2.73. The van der Waals surface area contributed by atoms with Crippen molar-refractivity contribution in [1.29, 1.82) is 0 Å². The van der Waals surface area contributed by atoms with Gasteiger partial charge in [0.1, 0.15) is 0 Å². The topological polar surface area (TPSA) is 52.7 Å². The largest absolute Gasteiger partial charge is 0.372 e. The van der Waals surface area contributed by atoms with Gasteiger partial charge in [-0.3, -0.25) is 9.59 Å². The van der Waals surface area contributed by atoms with Crippen molar-refractivity contribution in [1.82, 2.24) is 5.32 Å². The lowest BCUT2D eigenvalue weighted by Gasteiger charge is -2.24. The number of hydrogen-bond donors (Lipinski definition) is 1. The Morgan fingerprint density at radius 3 is 2.27 bits per heavy atom. The molecule has 140 valence electrons. The fourth-order valence-corrected chi connectivity index (χ4v) is 4.52. The van der Waals surface area contributed by atoms with Crippen molar-refractivity contribution in [3.05, 3.63) is 24.3 Å². The third-order valence-corrected chi connectivity index (χ3v) is 6.08. The van der Waals surface area contributed by atoms with Crippen LogP contribution in [0.15, 0.2) is 24.3 Å². The van der Waals surface area contributed by atoms with E-state index in [-0.39, 0.29) is 17.7 Å². The molecule has 0 bridgehead atoms. The number of carbonyl (C=O) groups is 2. The summed E-state index contributed by atoms with van der Waals surface area (Å²) >= 11 is 0. The zero-order chi connectivity index (χ0) is 17.9. The number of hydrogen-bond acceptors (Lipinski definition) is 3. The summed E-state index contributed by atoms with van der Waals surface area (Å²) in [7, 11) is 0. The van der Waals surface area contributed by atoms with Crippen LogP contribution in [0, 0.1) is 5.92 Å². The minimum atomic E-state index is -0.220. The first-order valence-corrected chi connectivity index (χ1v) is 10.2. The molecule has 0 aromatic heterocycles. The molecular weight excluding hydrogens is 326 g/mol. The number of carbonyl (C=O) groups excluding carboxylic acids is 2. The van der Waals surface area contributed by atoms with Crippen molar-refractivity contribution in [2.24, 2.45) is 5.92 Å². The fraction of sp³-hybridized carbons (Fsp3) is 0.619. The van der Waals surface area contributed by atoms with Crippen LogP contribution in [0.25, 0.3) is 0 Å². The number of benzene rings is 1. The van der Waals surface area contributed by atoms with Crippen LogP contribution in [-0.2, 0) is 9.59 Å². The van der Waals surface area contributed by atoms with Crippen molar-refractivity contribution in [3.8, 4) is 0 Å². The normalized spacial score (nSPS) is 24.3. The van der Waals surface area contributed by atoms with E-state index in [9.17, 15) is 9.59 Å². The number of amides is 2. The zero-order valence-corrected chi connectivity index (χ0v) is 15.5. The van der Waals surface area contributed by atoms with E-state index in [1.54, 1.807) is 4.90 Å². The molecule has 1 aromatic rings. The first kappa shape index (κ1) is 17.4. The van der Waals surface area contributed by atoms with Crippen LogP contribution in [0.1, 0.15) is 51.4 Å². The molecule has 0 spiro atoms. The standard InChI is InChI=1S/C21H29N3O2/c25-20-14-16(21(26)22-17-6-2-1-3-7-17)15-24(20)19-10-8-18(9-11-19)23-12-4-5-13-23/h8-11,16-17H,1-7,12-15H2,(H,22,26). The maximum atomic E-state index is 12.6. The molecule has 0 radical (unpaired) electrons. The van der Waals surface area contributed by atoms with Gasteiger partial charge in [0.05, 0.1) is 5.92 Å².